The third kappa shape index (κ3) is 4.55. The standard InChI is InChI=1S/C26H30FN6O2/c1-29-24-23(25(34)30(2)26(29)35)33(13-12-19-6-4-3-5-7-19)22(28-24)18-31-14-16-32(17-15-31)21-10-8-20(27)9-11-21/h3-11,23H,12-18H2,1-2H3/q+1. The minimum atomic E-state index is -0.582. The second kappa shape index (κ2) is 9.58. The number of rotatable bonds is 6. The molecule has 9 heteroatoms. The number of urea groups is 1. The lowest BCUT2D eigenvalue weighted by molar-refractivity contribution is -0.535. The zero-order valence-corrected chi connectivity index (χ0v) is 20.1. The van der Waals surface area contributed by atoms with Crippen molar-refractivity contribution in [2.45, 2.75) is 12.5 Å². The molecule has 8 nitrogen and oxygen atoms in total. The second-order valence-corrected chi connectivity index (χ2v) is 9.20. The zero-order valence-electron chi connectivity index (χ0n) is 20.1. The Labute approximate surface area is 204 Å². The number of likely N-dealkylation sites (N-methyl/N-ethyl adjacent to an activating group) is 2. The van der Waals surface area contributed by atoms with Gasteiger partial charge in [-0.2, -0.15) is 0 Å². The van der Waals surface area contributed by atoms with Gasteiger partial charge in [0.15, 0.2) is 0 Å². The van der Waals surface area contributed by atoms with Gasteiger partial charge in [-0.3, -0.25) is 19.5 Å². The average Bonchev–Trinajstić information content (AvgIpc) is 3.24. The number of anilines is 1. The van der Waals surface area contributed by atoms with Crippen molar-refractivity contribution >= 4 is 29.3 Å². The lowest BCUT2D eigenvalue weighted by atomic mass is 10.1. The minimum Gasteiger partial charge on any atom is -0.369 e. The topological polar surface area (TPSA) is 62.5 Å². The molecular formula is C26H30FN6O2+. The van der Waals surface area contributed by atoms with Gasteiger partial charge in [-0.05, 0) is 34.8 Å². The molecule has 3 aliphatic heterocycles. The summed E-state index contributed by atoms with van der Waals surface area (Å²) in [6, 6.07) is 15.8. The monoisotopic (exact) mass is 477 g/mol. The maximum absolute atomic E-state index is 13.3. The summed E-state index contributed by atoms with van der Waals surface area (Å²) in [7, 11) is 3.21. The number of hydrogen-bond donors (Lipinski definition) is 0. The molecule has 2 aromatic rings. The van der Waals surface area contributed by atoms with Gasteiger partial charge in [0.25, 0.3) is 17.8 Å². The van der Waals surface area contributed by atoms with E-state index < -0.39 is 6.04 Å². The molecule has 0 radical (unpaired) electrons. The van der Waals surface area contributed by atoms with Gasteiger partial charge in [-0.1, -0.05) is 30.3 Å². The molecular weight excluding hydrogens is 447 g/mol. The van der Waals surface area contributed by atoms with E-state index in [0.29, 0.717) is 18.9 Å². The summed E-state index contributed by atoms with van der Waals surface area (Å²) in [4.78, 5) is 37.7. The fraction of sp³-hybridized carbons (Fsp3) is 0.385. The van der Waals surface area contributed by atoms with Crippen LogP contribution in [0.25, 0.3) is 0 Å². The molecule has 2 saturated heterocycles. The molecule has 1 atom stereocenters. The fourth-order valence-corrected chi connectivity index (χ4v) is 4.94. The highest BCUT2D eigenvalue weighted by Crippen LogP contribution is 2.21. The van der Waals surface area contributed by atoms with Crippen LogP contribution >= 0.6 is 0 Å². The summed E-state index contributed by atoms with van der Waals surface area (Å²) in [5, 5.41) is 0. The molecule has 3 amide bonds. The Bertz CT molecular complexity index is 1170. The maximum atomic E-state index is 13.3. The van der Waals surface area contributed by atoms with Crippen LogP contribution in [0.2, 0.25) is 0 Å². The summed E-state index contributed by atoms with van der Waals surface area (Å²) < 4.78 is 15.3. The van der Waals surface area contributed by atoms with Gasteiger partial charge in [-0.15, -0.1) is 0 Å². The summed E-state index contributed by atoms with van der Waals surface area (Å²) in [5.74, 6) is 0.853. The predicted octanol–water partition coefficient (Wildman–Crippen LogP) is 1.91. The third-order valence-electron chi connectivity index (χ3n) is 7.03. The summed E-state index contributed by atoms with van der Waals surface area (Å²) >= 11 is 0. The Kier molecular flexibility index (Phi) is 6.34. The van der Waals surface area contributed by atoms with Crippen LogP contribution in [0.4, 0.5) is 14.9 Å². The summed E-state index contributed by atoms with van der Waals surface area (Å²) in [5.41, 5.74) is 2.21. The largest absolute Gasteiger partial charge is 0.369 e. The first-order valence-electron chi connectivity index (χ1n) is 12.0. The van der Waals surface area contributed by atoms with Gasteiger partial charge in [0.2, 0.25) is 0 Å². The number of carbonyl (C=O) groups is 2. The molecule has 0 aromatic heterocycles. The Balaban J connectivity index is 1.34. The number of halogens is 1. The number of nitrogens with zero attached hydrogens (tertiary/aromatic N) is 6. The molecule has 0 aliphatic carbocycles. The van der Waals surface area contributed by atoms with Crippen molar-refractivity contribution in [1.29, 1.82) is 0 Å². The van der Waals surface area contributed by atoms with E-state index in [1.54, 1.807) is 7.05 Å². The number of amidine groups is 2. The lowest BCUT2D eigenvalue weighted by Crippen LogP contribution is -2.61. The van der Waals surface area contributed by atoms with E-state index in [-0.39, 0.29) is 17.8 Å². The molecule has 5 rings (SSSR count). The van der Waals surface area contributed by atoms with Crippen molar-refractivity contribution in [3.05, 3.63) is 66.0 Å². The molecule has 0 bridgehead atoms. The molecule has 2 fully saturated rings. The predicted molar refractivity (Wildman–Crippen MR) is 132 cm³/mol. The van der Waals surface area contributed by atoms with E-state index in [1.165, 1.54) is 34.5 Å². The van der Waals surface area contributed by atoms with Gasteiger partial charge in [0.1, 0.15) is 12.4 Å². The molecule has 0 saturated carbocycles. The van der Waals surface area contributed by atoms with Crippen molar-refractivity contribution in [3.63, 3.8) is 0 Å². The molecule has 0 N–H and O–H groups in total. The normalized spacial score (nSPS) is 21.1. The smallest absolute Gasteiger partial charge is 0.333 e. The van der Waals surface area contributed by atoms with Crippen molar-refractivity contribution in [2.24, 2.45) is 4.99 Å². The first-order valence-corrected chi connectivity index (χ1v) is 12.0. The van der Waals surface area contributed by atoms with Gasteiger partial charge >= 0.3 is 11.9 Å². The average molecular weight is 478 g/mol. The quantitative estimate of drug-likeness (QED) is 0.597. The van der Waals surface area contributed by atoms with Gasteiger partial charge in [-0.25, -0.2) is 13.8 Å². The van der Waals surface area contributed by atoms with Crippen LogP contribution in [-0.2, 0) is 11.2 Å². The highest BCUT2D eigenvalue weighted by Gasteiger charge is 2.53. The van der Waals surface area contributed by atoms with Crippen molar-refractivity contribution in [2.75, 3.05) is 58.3 Å². The maximum Gasteiger partial charge on any atom is 0.333 e. The number of imide groups is 1. The Hall–Kier alpha value is -3.59. The number of hydrogen-bond acceptors (Lipinski definition) is 5. The summed E-state index contributed by atoms with van der Waals surface area (Å²) in [6.45, 7) is 4.53. The molecule has 2 aromatic carbocycles. The number of aliphatic imine (C=N–C) groups is 1. The molecule has 182 valence electrons. The van der Waals surface area contributed by atoms with Crippen molar-refractivity contribution < 1.29 is 18.6 Å². The lowest BCUT2D eigenvalue weighted by Gasteiger charge is -2.35. The number of piperazine rings is 1. The van der Waals surface area contributed by atoms with Crippen LogP contribution in [0.1, 0.15) is 5.56 Å². The van der Waals surface area contributed by atoms with Crippen LogP contribution in [0.5, 0.6) is 0 Å². The van der Waals surface area contributed by atoms with E-state index in [0.717, 1.165) is 44.1 Å². The van der Waals surface area contributed by atoms with Crippen LogP contribution in [0.15, 0.2) is 59.6 Å². The highest BCUT2D eigenvalue weighted by atomic mass is 19.1. The SMILES string of the molecule is CN1C(=O)C2C(=NC(CN3CCN(c4ccc(F)cc4)CC3)=[N+]2CCc2ccccc2)N(C)C1=O. The molecule has 3 aliphatic rings. The second-order valence-electron chi connectivity index (χ2n) is 9.20. The summed E-state index contributed by atoms with van der Waals surface area (Å²) in [6.07, 6.45) is 0.774. The van der Waals surface area contributed by atoms with Crippen molar-refractivity contribution in [3.8, 4) is 0 Å². The third-order valence-corrected chi connectivity index (χ3v) is 7.03. The van der Waals surface area contributed by atoms with E-state index in [1.807, 2.05) is 30.3 Å². The van der Waals surface area contributed by atoms with E-state index in [9.17, 15) is 14.0 Å². The van der Waals surface area contributed by atoms with E-state index in [2.05, 4.69) is 26.5 Å². The number of fused-ring (bicyclic) bond motifs is 1. The van der Waals surface area contributed by atoms with Gasteiger partial charge < -0.3 is 4.90 Å². The highest BCUT2D eigenvalue weighted by molar-refractivity contribution is 6.23. The Morgan fingerprint density at radius 1 is 0.943 bits per heavy atom. The zero-order chi connectivity index (χ0) is 24.5. The van der Waals surface area contributed by atoms with Crippen molar-refractivity contribution in [1.82, 2.24) is 14.7 Å². The Morgan fingerprint density at radius 2 is 1.63 bits per heavy atom. The molecule has 3 heterocycles. The number of amides is 3. The van der Waals surface area contributed by atoms with Crippen LogP contribution in [0, 0.1) is 5.82 Å². The minimum absolute atomic E-state index is 0.232. The molecule has 1 unspecified atom stereocenters. The van der Waals surface area contributed by atoms with Crippen LogP contribution in [0.3, 0.4) is 0 Å². The fourth-order valence-electron chi connectivity index (χ4n) is 4.94. The van der Waals surface area contributed by atoms with Gasteiger partial charge in [0, 0.05) is 52.4 Å². The number of benzene rings is 2. The first-order chi connectivity index (χ1) is 16.9. The molecule has 0 spiro atoms. The van der Waals surface area contributed by atoms with Crippen LogP contribution < -0.4 is 4.90 Å². The van der Waals surface area contributed by atoms with Gasteiger partial charge in [0.05, 0.1) is 6.54 Å². The van der Waals surface area contributed by atoms with E-state index >= 15 is 0 Å². The first kappa shape index (κ1) is 23.2. The van der Waals surface area contributed by atoms with Crippen LogP contribution in [-0.4, -0.2) is 102 Å². The molecule has 35 heavy (non-hydrogen) atoms. The Morgan fingerprint density at radius 3 is 2.31 bits per heavy atom. The van der Waals surface area contributed by atoms with E-state index in [4.69, 9.17) is 4.99 Å². The number of carbonyl (C=O) groups excluding carboxylic acids is 2.